The van der Waals surface area contributed by atoms with Gasteiger partial charge in [0.1, 0.15) is 0 Å². The summed E-state index contributed by atoms with van der Waals surface area (Å²) in [6.07, 6.45) is 0.745. The molecule has 104 valence electrons. The third-order valence-electron chi connectivity index (χ3n) is 2.41. The molecule has 0 heterocycles. The summed E-state index contributed by atoms with van der Waals surface area (Å²) in [6.45, 7) is 2.34. The molecular formula is C14H17ClO4. The van der Waals surface area contributed by atoms with Crippen LogP contribution in [0.3, 0.4) is 0 Å². The maximum atomic E-state index is 11.3. The third-order valence-corrected chi connectivity index (χ3v) is 2.66. The van der Waals surface area contributed by atoms with Crippen molar-refractivity contribution in [2.24, 2.45) is 0 Å². The maximum Gasteiger partial charge on any atom is 0.306 e. The van der Waals surface area contributed by atoms with Gasteiger partial charge in [-0.05, 0) is 24.6 Å². The van der Waals surface area contributed by atoms with Gasteiger partial charge in [0.15, 0.2) is 0 Å². The summed E-state index contributed by atoms with van der Waals surface area (Å²) in [6, 6.07) is 7.35. The van der Waals surface area contributed by atoms with Gasteiger partial charge >= 0.3 is 11.9 Å². The van der Waals surface area contributed by atoms with Crippen LogP contribution in [-0.4, -0.2) is 25.2 Å². The first-order chi connectivity index (χ1) is 9.11. The molecule has 0 fully saturated rings. The van der Waals surface area contributed by atoms with Crippen LogP contribution >= 0.6 is 11.6 Å². The van der Waals surface area contributed by atoms with Gasteiger partial charge in [-0.1, -0.05) is 23.7 Å². The third kappa shape index (κ3) is 6.82. The highest BCUT2D eigenvalue weighted by Gasteiger charge is 2.08. The predicted octanol–water partition coefficient (Wildman–Crippen LogP) is 2.77. The van der Waals surface area contributed by atoms with Crippen LogP contribution < -0.4 is 0 Å². The highest BCUT2D eigenvalue weighted by molar-refractivity contribution is 6.30. The van der Waals surface area contributed by atoms with Crippen LogP contribution in [0.1, 0.15) is 25.3 Å². The minimum atomic E-state index is -0.387. The molecule has 0 aliphatic heterocycles. The van der Waals surface area contributed by atoms with Gasteiger partial charge in [-0.25, -0.2) is 0 Å². The Hall–Kier alpha value is -1.55. The Morgan fingerprint density at radius 1 is 1.05 bits per heavy atom. The average Bonchev–Trinajstić information content (AvgIpc) is 2.39. The number of halogens is 1. The first kappa shape index (κ1) is 15.5. The zero-order valence-electron chi connectivity index (χ0n) is 10.9. The van der Waals surface area contributed by atoms with Gasteiger partial charge in [-0.3, -0.25) is 9.59 Å². The molecular weight excluding hydrogens is 268 g/mol. The van der Waals surface area contributed by atoms with Crippen molar-refractivity contribution in [3.05, 3.63) is 34.9 Å². The standard InChI is InChI=1S/C14H17ClO4/c1-2-18-13(16)7-8-14(17)19-10-9-11-3-5-12(15)6-4-11/h3-6H,2,7-10H2,1H3. The van der Waals surface area contributed by atoms with Crippen LogP contribution in [-0.2, 0) is 25.5 Å². The molecule has 0 radical (unpaired) electrons. The Bertz CT molecular complexity index is 414. The minimum absolute atomic E-state index is 0.0550. The molecule has 1 aromatic carbocycles. The highest BCUT2D eigenvalue weighted by atomic mass is 35.5. The quantitative estimate of drug-likeness (QED) is 0.723. The fraction of sp³-hybridized carbons (Fsp3) is 0.429. The molecule has 0 spiro atoms. The van der Waals surface area contributed by atoms with E-state index in [1.165, 1.54) is 0 Å². The molecule has 4 nitrogen and oxygen atoms in total. The van der Waals surface area contributed by atoms with Gasteiger partial charge in [0.05, 0.1) is 26.1 Å². The van der Waals surface area contributed by atoms with E-state index < -0.39 is 0 Å². The lowest BCUT2D eigenvalue weighted by atomic mass is 10.2. The Balaban J connectivity index is 2.16. The van der Waals surface area contributed by atoms with Gasteiger partial charge in [-0.15, -0.1) is 0 Å². The highest BCUT2D eigenvalue weighted by Crippen LogP contribution is 2.10. The zero-order valence-corrected chi connectivity index (χ0v) is 11.6. The van der Waals surface area contributed by atoms with Crippen LogP contribution in [0.25, 0.3) is 0 Å². The van der Waals surface area contributed by atoms with Crippen molar-refractivity contribution < 1.29 is 19.1 Å². The van der Waals surface area contributed by atoms with E-state index >= 15 is 0 Å². The Labute approximate surface area is 117 Å². The van der Waals surface area contributed by atoms with Crippen molar-refractivity contribution in [2.45, 2.75) is 26.2 Å². The van der Waals surface area contributed by atoms with Crippen LogP contribution in [0.4, 0.5) is 0 Å². The lowest BCUT2D eigenvalue weighted by molar-refractivity contribution is -0.150. The first-order valence-electron chi connectivity index (χ1n) is 6.17. The molecule has 0 saturated carbocycles. The summed E-state index contributed by atoms with van der Waals surface area (Å²) in [4.78, 5) is 22.4. The molecule has 0 amide bonds. The van der Waals surface area contributed by atoms with E-state index in [2.05, 4.69) is 0 Å². The van der Waals surface area contributed by atoms with Crippen LogP contribution in [0.5, 0.6) is 0 Å². The van der Waals surface area contributed by atoms with Crippen LogP contribution in [0, 0.1) is 0 Å². The number of ether oxygens (including phenoxy) is 2. The monoisotopic (exact) mass is 284 g/mol. The predicted molar refractivity (Wildman–Crippen MR) is 72.0 cm³/mol. The molecule has 0 unspecified atom stereocenters. The molecule has 0 saturated heterocycles. The molecule has 0 bridgehead atoms. The van der Waals surface area contributed by atoms with E-state index in [-0.39, 0.29) is 24.8 Å². The van der Waals surface area contributed by atoms with E-state index in [9.17, 15) is 9.59 Å². The smallest absolute Gasteiger partial charge is 0.306 e. The zero-order chi connectivity index (χ0) is 14.1. The van der Waals surface area contributed by atoms with Crippen LogP contribution in [0.2, 0.25) is 5.02 Å². The second-order valence-corrected chi connectivity index (χ2v) is 4.34. The fourth-order valence-electron chi connectivity index (χ4n) is 1.44. The van der Waals surface area contributed by atoms with E-state index in [1.54, 1.807) is 19.1 Å². The molecule has 1 rings (SSSR count). The topological polar surface area (TPSA) is 52.6 Å². The number of hydrogen-bond acceptors (Lipinski definition) is 4. The van der Waals surface area contributed by atoms with E-state index in [4.69, 9.17) is 21.1 Å². The SMILES string of the molecule is CCOC(=O)CCC(=O)OCCc1ccc(Cl)cc1. The number of rotatable bonds is 7. The van der Waals surface area contributed by atoms with Gasteiger partial charge in [0, 0.05) is 11.4 Å². The summed E-state index contributed by atoms with van der Waals surface area (Å²) in [7, 11) is 0. The van der Waals surface area contributed by atoms with Gasteiger partial charge < -0.3 is 9.47 Å². The van der Waals surface area contributed by atoms with Gasteiger partial charge in [0.25, 0.3) is 0 Å². The van der Waals surface area contributed by atoms with Crippen molar-refractivity contribution in [3.8, 4) is 0 Å². The summed E-state index contributed by atoms with van der Waals surface area (Å²) in [5.74, 6) is -0.765. The van der Waals surface area contributed by atoms with Crippen molar-refractivity contribution in [2.75, 3.05) is 13.2 Å². The Morgan fingerprint density at radius 3 is 2.21 bits per heavy atom. The second kappa shape index (κ2) is 8.53. The van der Waals surface area contributed by atoms with Crippen LogP contribution in [0.15, 0.2) is 24.3 Å². The number of esters is 2. The van der Waals surface area contributed by atoms with Gasteiger partial charge in [-0.2, -0.15) is 0 Å². The fourth-order valence-corrected chi connectivity index (χ4v) is 1.57. The largest absolute Gasteiger partial charge is 0.466 e. The molecule has 0 N–H and O–H groups in total. The van der Waals surface area contributed by atoms with E-state index in [1.807, 2.05) is 12.1 Å². The Morgan fingerprint density at radius 2 is 1.63 bits per heavy atom. The summed E-state index contributed by atoms with van der Waals surface area (Å²) < 4.78 is 9.74. The van der Waals surface area contributed by atoms with Crippen molar-refractivity contribution in [1.29, 1.82) is 0 Å². The summed E-state index contributed by atoms with van der Waals surface area (Å²) in [5.41, 5.74) is 1.04. The van der Waals surface area contributed by atoms with Crippen molar-refractivity contribution >= 4 is 23.5 Å². The maximum absolute atomic E-state index is 11.3. The van der Waals surface area contributed by atoms with Gasteiger partial charge in [0.2, 0.25) is 0 Å². The molecule has 0 aliphatic rings. The average molecular weight is 285 g/mol. The summed E-state index contributed by atoms with van der Waals surface area (Å²) >= 11 is 5.76. The number of carbonyl (C=O) groups is 2. The lowest BCUT2D eigenvalue weighted by Gasteiger charge is -2.05. The number of hydrogen-bond donors (Lipinski definition) is 0. The van der Waals surface area contributed by atoms with E-state index in [0.29, 0.717) is 24.7 Å². The van der Waals surface area contributed by atoms with Crippen molar-refractivity contribution in [1.82, 2.24) is 0 Å². The Kier molecular flexibility index (Phi) is 6.97. The second-order valence-electron chi connectivity index (χ2n) is 3.90. The lowest BCUT2D eigenvalue weighted by Crippen LogP contribution is -2.11. The van der Waals surface area contributed by atoms with E-state index in [0.717, 1.165) is 5.56 Å². The molecule has 1 aromatic rings. The summed E-state index contributed by atoms with van der Waals surface area (Å²) in [5, 5.41) is 0.676. The number of benzene rings is 1. The van der Waals surface area contributed by atoms with Crippen molar-refractivity contribution in [3.63, 3.8) is 0 Å². The number of carbonyl (C=O) groups excluding carboxylic acids is 2. The minimum Gasteiger partial charge on any atom is -0.466 e. The molecule has 5 heteroatoms. The normalized spacial score (nSPS) is 10.0. The molecule has 0 aromatic heterocycles. The molecule has 0 atom stereocenters. The molecule has 0 aliphatic carbocycles. The first-order valence-corrected chi connectivity index (χ1v) is 6.55. The molecule has 19 heavy (non-hydrogen) atoms.